The molecule has 1 aromatic heterocycles. The fraction of sp³-hybridized carbons (Fsp3) is 0.300. The number of nitrogens with zero attached hydrogens (tertiary/aromatic N) is 1. The summed E-state index contributed by atoms with van der Waals surface area (Å²) in [6.07, 6.45) is 0. The maximum Gasteiger partial charge on any atom is 0.279 e. The quantitative estimate of drug-likeness (QED) is 0.655. The predicted molar refractivity (Wildman–Crippen MR) is 108 cm³/mol. The molecule has 1 unspecified atom stereocenters. The molecule has 0 aliphatic rings. The number of methoxy groups -OCH3 is 2. The van der Waals surface area contributed by atoms with E-state index >= 15 is 0 Å². The maximum atomic E-state index is 12.6. The van der Waals surface area contributed by atoms with Crippen LogP contribution in [-0.2, 0) is 4.79 Å². The van der Waals surface area contributed by atoms with Crippen LogP contribution in [0.3, 0.4) is 0 Å². The van der Waals surface area contributed by atoms with Crippen LogP contribution < -0.4 is 19.7 Å². The highest BCUT2D eigenvalue weighted by atomic mass is 32.1. The molecule has 0 fully saturated rings. The molecule has 0 spiro atoms. The number of fused-ring (bicyclic) bond motifs is 1. The lowest BCUT2D eigenvalue weighted by atomic mass is 10.2. The second-order valence-electron chi connectivity index (χ2n) is 6.38. The molecular weight excluding hydrogens is 362 g/mol. The van der Waals surface area contributed by atoms with Gasteiger partial charge in [0.2, 0.25) is 0 Å². The zero-order chi connectivity index (χ0) is 19.4. The number of anilines is 1. The molecule has 0 saturated heterocycles. The first-order chi connectivity index (χ1) is 13.0. The maximum absolute atomic E-state index is 12.6. The number of quaternary nitrogens is 1. The number of para-hydroxylation sites is 1. The molecule has 142 valence electrons. The van der Waals surface area contributed by atoms with Gasteiger partial charge < -0.3 is 19.7 Å². The van der Waals surface area contributed by atoms with E-state index in [9.17, 15) is 4.79 Å². The fourth-order valence-corrected chi connectivity index (χ4v) is 3.91. The van der Waals surface area contributed by atoms with Crippen LogP contribution in [0.2, 0.25) is 0 Å². The molecule has 0 bridgehead atoms. The van der Waals surface area contributed by atoms with E-state index in [1.54, 1.807) is 43.8 Å². The van der Waals surface area contributed by atoms with Crippen molar-refractivity contribution in [3.05, 3.63) is 47.5 Å². The number of carbonyl (C=O) groups excluding carboxylic acids is 1. The van der Waals surface area contributed by atoms with Crippen molar-refractivity contribution in [3.8, 4) is 11.5 Å². The normalized spacial score (nSPS) is 13.2. The molecule has 2 aromatic carbocycles. The van der Waals surface area contributed by atoms with Crippen molar-refractivity contribution < 1.29 is 19.2 Å². The summed E-state index contributed by atoms with van der Waals surface area (Å²) < 4.78 is 11.7. The van der Waals surface area contributed by atoms with Gasteiger partial charge >= 0.3 is 0 Å². The molecule has 27 heavy (non-hydrogen) atoms. The Bertz CT molecular complexity index is 908. The number of rotatable bonds is 7. The summed E-state index contributed by atoms with van der Waals surface area (Å²) in [6, 6.07) is 13.5. The van der Waals surface area contributed by atoms with E-state index in [4.69, 9.17) is 14.5 Å². The average molecular weight is 386 g/mol. The van der Waals surface area contributed by atoms with E-state index in [1.807, 2.05) is 25.2 Å². The Morgan fingerprint density at radius 2 is 2.00 bits per heavy atom. The Morgan fingerprint density at radius 3 is 2.70 bits per heavy atom. The van der Waals surface area contributed by atoms with Crippen molar-refractivity contribution >= 4 is 33.1 Å². The number of benzene rings is 2. The summed E-state index contributed by atoms with van der Waals surface area (Å²) >= 11 is 1.68. The third-order valence-electron chi connectivity index (χ3n) is 4.54. The molecule has 1 amide bonds. The van der Waals surface area contributed by atoms with E-state index in [0.717, 1.165) is 20.1 Å². The zero-order valence-corrected chi connectivity index (χ0v) is 16.7. The van der Waals surface area contributed by atoms with Gasteiger partial charge in [-0.15, -0.1) is 11.3 Å². The second kappa shape index (κ2) is 8.37. The Hall–Kier alpha value is -2.64. The van der Waals surface area contributed by atoms with Crippen LogP contribution in [-0.4, -0.2) is 38.7 Å². The number of aromatic nitrogens is 1. The van der Waals surface area contributed by atoms with Gasteiger partial charge in [0.05, 0.1) is 37.2 Å². The summed E-state index contributed by atoms with van der Waals surface area (Å²) in [7, 11) is 5.16. The molecule has 1 heterocycles. The lowest BCUT2D eigenvalue weighted by Crippen LogP contribution is -3.10. The highest BCUT2D eigenvalue weighted by Crippen LogP contribution is 2.29. The first-order valence-corrected chi connectivity index (χ1v) is 9.53. The van der Waals surface area contributed by atoms with E-state index < -0.39 is 0 Å². The number of hydrogen-bond donors (Lipinski definition) is 2. The molecular formula is C20H24N3O3S+. The first kappa shape index (κ1) is 19.1. The molecule has 3 aromatic rings. The Labute approximate surface area is 162 Å². The van der Waals surface area contributed by atoms with Gasteiger partial charge in [-0.2, -0.15) is 0 Å². The topological polar surface area (TPSA) is 64.9 Å². The van der Waals surface area contributed by atoms with Gasteiger partial charge in [-0.05, 0) is 31.2 Å². The van der Waals surface area contributed by atoms with Crippen molar-refractivity contribution in [1.29, 1.82) is 0 Å². The van der Waals surface area contributed by atoms with Crippen molar-refractivity contribution in [2.75, 3.05) is 33.1 Å². The summed E-state index contributed by atoms with van der Waals surface area (Å²) in [5.74, 6) is 1.17. The van der Waals surface area contributed by atoms with Crippen LogP contribution >= 0.6 is 11.3 Å². The Balaban J connectivity index is 1.68. The van der Waals surface area contributed by atoms with Crippen LogP contribution in [0.5, 0.6) is 11.5 Å². The lowest BCUT2D eigenvalue weighted by molar-refractivity contribution is -0.902. The van der Waals surface area contributed by atoms with E-state index in [-0.39, 0.29) is 11.9 Å². The largest absolute Gasteiger partial charge is 0.497 e. The molecule has 0 aliphatic heterocycles. The molecule has 2 N–H and O–H groups in total. The minimum Gasteiger partial charge on any atom is -0.497 e. The van der Waals surface area contributed by atoms with Gasteiger partial charge in [-0.25, -0.2) is 4.98 Å². The van der Waals surface area contributed by atoms with Crippen molar-refractivity contribution in [2.24, 2.45) is 0 Å². The number of nitrogens with one attached hydrogen (secondary N) is 2. The number of hydrogen-bond acceptors (Lipinski definition) is 5. The Morgan fingerprint density at radius 1 is 1.22 bits per heavy atom. The highest BCUT2D eigenvalue weighted by Gasteiger charge is 2.22. The number of carbonyl (C=O) groups is 1. The predicted octanol–water partition coefficient (Wildman–Crippen LogP) is 2.53. The van der Waals surface area contributed by atoms with E-state index in [1.165, 1.54) is 0 Å². The molecule has 0 radical (unpaired) electrons. The minimum absolute atomic E-state index is 0.0907. The highest BCUT2D eigenvalue weighted by molar-refractivity contribution is 7.18. The summed E-state index contributed by atoms with van der Waals surface area (Å²) in [5.41, 5.74) is 1.60. The number of amides is 1. The lowest BCUT2D eigenvalue weighted by Gasteiger charge is -2.20. The van der Waals surface area contributed by atoms with E-state index in [0.29, 0.717) is 23.7 Å². The molecule has 6 nitrogen and oxygen atoms in total. The van der Waals surface area contributed by atoms with Crippen LogP contribution in [0.4, 0.5) is 5.69 Å². The van der Waals surface area contributed by atoms with Gasteiger partial charge in [0.1, 0.15) is 17.5 Å². The number of ether oxygens (including phenoxy) is 2. The number of thiazole rings is 1. The SMILES string of the molecule is COc1ccc(OC)c(NC(=O)C[NH+](C)[C@@H](C)c2nc3ccccc3s2)c1. The second-order valence-corrected chi connectivity index (χ2v) is 7.44. The van der Waals surface area contributed by atoms with Gasteiger partial charge in [-0.1, -0.05) is 12.1 Å². The minimum atomic E-state index is -0.0907. The third-order valence-corrected chi connectivity index (χ3v) is 5.76. The molecule has 0 aliphatic carbocycles. The average Bonchev–Trinajstić information content (AvgIpc) is 3.11. The molecule has 0 saturated carbocycles. The van der Waals surface area contributed by atoms with Crippen molar-refractivity contribution in [1.82, 2.24) is 4.98 Å². The smallest absolute Gasteiger partial charge is 0.279 e. The van der Waals surface area contributed by atoms with E-state index in [2.05, 4.69) is 18.3 Å². The molecule has 7 heteroatoms. The van der Waals surface area contributed by atoms with Crippen LogP contribution in [0.1, 0.15) is 18.0 Å². The van der Waals surface area contributed by atoms with Crippen molar-refractivity contribution in [3.63, 3.8) is 0 Å². The van der Waals surface area contributed by atoms with Gasteiger partial charge in [0.25, 0.3) is 5.91 Å². The van der Waals surface area contributed by atoms with Crippen molar-refractivity contribution in [2.45, 2.75) is 13.0 Å². The number of likely N-dealkylation sites (N-methyl/N-ethyl adjacent to an activating group) is 1. The van der Waals surface area contributed by atoms with Gasteiger partial charge in [-0.3, -0.25) is 4.79 Å². The monoisotopic (exact) mass is 386 g/mol. The van der Waals surface area contributed by atoms with Gasteiger partial charge in [0.15, 0.2) is 11.6 Å². The van der Waals surface area contributed by atoms with Crippen LogP contribution in [0.15, 0.2) is 42.5 Å². The van der Waals surface area contributed by atoms with Gasteiger partial charge in [0, 0.05) is 6.07 Å². The van der Waals surface area contributed by atoms with Crippen LogP contribution in [0, 0.1) is 0 Å². The standard InChI is InChI=1S/C20H23N3O3S/c1-13(20-22-15-7-5-6-8-18(15)27-20)23(2)12-19(24)21-16-11-14(25-3)9-10-17(16)26-4/h5-11,13H,12H2,1-4H3,(H,21,24)/p+1/t13-/m0/s1. The first-order valence-electron chi connectivity index (χ1n) is 8.71. The summed E-state index contributed by atoms with van der Waals surface area (Å²) in [5, 5.41) is 3.95. The Kier molecular flexibility index (Phi) is 5.93. The van der Waals surface area contributed by atoms with Crippen LogP contribution in [0.25, 0.3) is 10.2 Å². The molecule has 3 rings (SSSR count). The molecule has 2 atom stereocenters. The summed E-state index contributed by atoms with van der Waals surface area (Å²) in [4.78, 5) is 18.3. The fourth-order valence-electron chi connectivity index (χ4n) is 2.80. The third kappa shape index (κ3) is 4.37. The zero-order valence-electron chi connectivity index (χ0n) is 15.9. The summed E-state index contributed by atoms with van der Waals surface area (Å²) in [6.45, 7) is 2.41.